The Morgan fingerprint density at radius 2 is 1.95 bits per heavy atom. The maximum absolute atomic E-state index is 10.1. The minimum atomic E-state index is -0.401. The molecule has 0 amide bonds. The SMILES string of the molecule is CC(O)c1ccc(Br)cc1N1CCCC2CCCCC21. The zero-order chi connectivity index (χ0) is 14.1. The topological polar surface area (TPSA) is 23.5 Å². The molecule has 20 heavy (non-hydrogen) atoms. The van der Waals surface area contributed by atoms with Crippen molar-refractivity contribution in [2.24, 2.45) is 5.92 Å². The summed E-state index contributed by atoms with van der Waals surface area (Å²) in [4.78, 5) is 2.58. The molecule has 1 saturated heterocycles. The molecule has 3 rings (SSSR count). The summed E-state index contributed by atoms with van der Waals surface area (Å²) in [6.07, 6.45) is 7.73. The average molecular weight is 338 g/mol. The van der Waals surface area contributed by atoms with Gasteiger partial charge < -0.3 is 10.0 Å². The van der Waals surface area contributed by atoms with Gasteiger partial charge in [0.25, 0.3) is 0 Å². The van der Waals surface area contributed by atoms with Gasteiger partial charge in [-0.15, -0.1) is 0 Å². The molecule has 2 fully saturated rings. The highest BCUT2D eigenvalue weighted by atomic mass is 79.9. The Labute approximate surface area is 130 Å². The van der Waals surface area contributed by atoms with Gasteiger partial charge >= 0.3 is 0 Å². The molecule has 2 aliphatic rings. The Morgan fingerprint density at radius 3 is 2.75 bits per heavy atom. The van der Waals surface area contributed by atoms with E-state index < -0.39 is 6.10 Å². The van der Waals surface area contributed by atoms with Crippen molar-refractivity contribution in [2.75, 3.05) is 11.4 Å². The van der Waals surface area contributed by atoms with Gasteiger partial charge in [-0.25, -0.2) is 0 Å². The van der Waals surface area contributed by atoms with Crippen molar-refractivity contribution in [3.8, 4) is 0 Å². The number of hydrogen-bond acceptors (Lipinski definition) is 2. The highest BCUT2D eigenvalue weighted by Gasteiger charge is 2.34. The molecule has 1 aliphatic heterocycles. The second-order valence-electron chi connectivity index (χ2n) is 6.33. The van der Waals surface area contributed by atoms with Gasteiger partial charge in [-0.2, -0.15) is 0 Å². The molecule has 1 heterocycles. The Balaban J connectivity index is 1.96. The molecule has 3 atom stereocenters. The third-order valence-electron chi connectivity index (χ3n) is 5.00. The number of halogens is 1. The first kappa shape index (κ1) is 14.4. The van der Waals surface area contributed by atoms with Gasteiger partial charge in [0.1, 0.15) is 0 Å². The van der Waals surface area contributed by atoms with Crippen LogP contribution in [0.3, 0.4) is 0 Å². The van der Waals surface area contributed by atoms with E-state index in [1.165, 1.54) is 44.2 Å². The predicted octanol–water partition coefficient (Wildman–Crippen LogP) is 4.66. The van der Waals surface area contributed by atoms with Gasteiger partial charge in [0.15, 0.2) is 0 Å². The number of rotatable bonds is 2. The van der Waals surface area contributed by atoms with Crippen molar-refractivity contribution >= 4 is 21.6 Å². The van der Waals surface area contributed by atoms with E-state index in [-0.39, 0.29) is 0 Å². The monoisotopic (exact) mass is 337 g/mol. The van der Waals surface area contributed by atoms with E-state index >= 15 is 0 Å². The number of anilines is 1. The summed E-state index contributed by atoms with van der Waals surface area (Å²) in [5, 5.41) is 10.1. The van der Waals surface area contributed by atoms with E-state index in [0.29, 0.717) is 6.04 Å². The van der Waals surface area contributed by atoms with E-state index in [0.717, 1.165) is 22.5 Å². The van der Waals surface area contributed by atoms with Crippen LogP contribution in [-0.4, -0.2) is 17.7 Å². The molecule has 0 aromatic heterocycles. The maximum Gasteiger partial charge on any atom is 0.0782 e. The van der Waals surface area contributed by atoms with E-state index in [2.05, 4.69) is 33.0 Å². The zero-order valence-corrected chi connectivity index (χ0v) is 13.8. The van der Waals surface area contributed by atoms with Crippen LogP contribution >= 0.6 is 15.9 Å². The van der Waals surface area contributed by atoms with Crippen molar-refractivity contribution in [2.45, 2.75) is 57.6 Å². The van der Waals surface area contributed by atoms with Crippen LogP contribution in [0, 0.1) is 5.92 Å². The van der Waals surface area contributed by atoms with Crippen molar-refractivity contribution in [3.63, 3.8) is 0 Å². The molecule has 2 nitrogen and oxygen atoms in total. The lowest BCUT2D eigenvalue weighted by Crippen LogP contribution is -2.47. The molecule has 3 unspecified atom stereocenters. The number of piperidine rings is 1. The number of fused-ring (bicyclic) bond motifs is 1. The van der Waals surface area contributed by atoms with Gasteiger partial charge in [0.2, 0.25) is 0 Å². The molecule has 110 valence electrons. The highest BCUT2D eigenvalue weighted by Crippen LogP contribution is 2.40. The van der Waals surface area contributed by atoms with Crippen molar-refractivity contribution in [1.82, 2.24) is 0 Å². The van der Waals surface area contributed by atoms with Crippen LogP contribution in [-0.2, 0) is 0 Å². The molecule has 1 aromatic carbocycles. The average Bonchev–Trinajstić information content (AvgIpc) is 2.46. The van der Waals surface area contributed by atoms with Gasteiger partial charge in [-0.1, -0.05) is 34.8 Å². The highest BCUT2D eigenvalue weighted by molar-refractivity contribution is 9.10. The van der Waals surface area contributed by atoms with Crippen LogP contribution < -0.4 is 4.90 Å². The molecule has 1 aromatic rings. The fourth-order valence-corrected chi connectivity index (χ4v) is 4.39. The predicted molar refractivity (Wildman–Crippen MR) is 87.1 cm³/mol. The Bertz CT molecular complexity index is 472. The van der Waals surface area contributed by atoms with Crippen LogP contribution in [0.1, 0.15) is 57.1 Å². The summed E-state index contributed by atoms with van der Waals surface area (Å²) >= 11 is 3.59. The second kappa shape index (κ2) is 6.07. The van der Waals surface area contributed by atoms with Gasteiger partial charge in [-0.05, 0) is 50.7 Å². The summed E-state index contributed by atoms with van der Waals surface area (Å²) < 4.78 is 1.11. The Morgan fingerprint density at radius 1 is 1.20 bits per heavy atom. The van der Waals surface area contributed by atoms with Gasteiger partial charge in [0.05, 0.1) is 6.10 Å². The molecule has 0 spiro atoms. The molecular formula is C17H24BrNO. The first-order valence-electron chi connectivity index (χ1n) is 7.91. The van der Waals surface area contributed by atoms with E-state index in [9.17, 15) is 5.11 Å². The molecule has 0 radical (unpaired) electrons. The van der Waals surface area contributed by atoms with Crippen molar-refractivity contribution in [1.29, 1.82) is 0 Å². The number of benzene rings is 1. The number of aliphatic hydroxyl groups is 1. The minimum Gasteiger partial charge on any atom is -0.389 e. The standard InChI is InChI=1S/C17H24BrNO/c1-12(20)15-9-8-14(18)11-17(15)19-10-4-6-13-5-2-3-7-16(13)19/h8-9,11-13,16,20H,2-7,10H2,1H3. The summed E-state index contributed by atoms with van der Waals surface area (Å²) in [5.74, 6) is 0.860. The lowest BCUT2D eigenvalue weighted by Gasteiger charge is -2.46. The van der Waals surface area contributed by atoms with Crippen LogP contribution in [0.4, 0.5) is 5.69 Å². The molecule has 1 aliphatic carbocycles. The van der Waals surface area contributed by atoms with Crippen LogP contribution in [0.15, 0.2) is 22.7 Å². The quantitative estimate of drug-likeness (QED) is 0.848. The normalized spacial score (nSPS) is 28.1. The zero-order valence-electron chi connectivity index (χ0n) is 12.2. The van der Waals surface area contributed by atoms with E-state index in [1.807, 2.05) is 13.0 Å². The smallest absolute Gasteiger partial charge is 0.0782 e. The Kier molecular flexibility index (Phi) is 4.37. The summed E-state index contributed by atoms with van der Waals surface area (Å²) in [5.41, 5.74) is 2.31. The molecule has 0 bridgehead atoms. The largest absolute Gasteiger partial charge is 0.389 e. The lowest BCUT2D eigenvalue weighted by molar-refractivity contribution is 0.197. The third kappa shape index (κ3) is 2.75. The fraction of sp³-hybridized carbons (Fsp3) is 0.647. The maximum atomic E-state index is 10.1. The van der Waals surface area contributed by atoms with Crippen LogP contribution in [0.5, 0.6) is 0 Å². The molecular weight excluding hydrogens is 314 g/mol. The van der Waals surface area contributed by atoms with Crippen molar-refractivity contribution in [3.05, 3.63) is 28.2 Å². The molecule has 3 heteroatoms. The lowest BCUT2D eigenvalue weighted by atomic mass is 9.78. The van der Waals surface area contributed by atoms with E-state index in [4.69, 9.17) is 0 Å². The van der Waals surface area contributed by atoms with E-state index in [1.54, 1.807) is 0 Å². The Hall–Kier alpha value is -0.540. The molecule has 1 saturated carbocycles. The van der Waals surface area contributed by atoms with Crippen LogP contribution in [0.2, 0.25) is 0 Å². The van der Waals surface area contributed by atoms with Crippen LogP contribution in [0.25, 0.3) is 0 Å². The minimum absolute atomic E-state index is 0.401. The van der Waals surface area contributed by atoms with Gasteiger partial charge in [-0.3, -0.25) is 0 Å². The number of hydrogen-bond donors (Lipinski definition) is 1. The second-order valence-corrected chi connectivity index (χ2v) is 7.24. The third-order valence-corrected chi connectivity index (χ3v) is 5.49. The summed E-state index contributed by atoms with van der Waals surface area (Å²) in [7, 11) is 0. The summed E-state index contributed by atoms with van der Waals surface area (Å²) in [6.45, 7) is 3.01. The fourth-order valence-electron chi connectivity index (χ4n) is 4.04. The van der Waals surface area contributed by atoms with Crippen molar-refractivity contribution < 1.29 is 5.11 Å². The first-order chi connectivity index (χ1) is 9.66. The summed E-state index contributed by atoms with van der Waals surface area (Å²) in [6, 6.07) is 6.98. The molecule has 1 N–H and O–H groups in total. The first-order valence-corrected chi connectivity index (χ1v) is 8.70. The number of aliphatic hydroxyl groups excluding tert-OH is 1. The number of nitrogens with zero attached hydrogens (tertiary/aromatic N) is 1. The van der Waals surface area contributed by atoms with Gasteiger partial charge in [0, 0.05) is 28.3 Å².